The summed E-state index contributed by atoms with van der Waals surface area (Å²) in [5, 5.41) is 6.43. The third-order valence-corrected chi connectivity index (χ3v) is 5.31. The quantitative estimate of drug-likeness (QED) is 0.481. The van der Waals surface area contributed by atoms with Crippen LogP contribution in [0.15, 0.2) is 48.5 Å². The average Bonchev–Trinajstić information content (AvgIpc) is 3.07. The maximum atomic E-state index is 13.3. The highest BCUT2D eigenvalue weighted by molar-refractivity contribution is 6.11. The summed E-state index contributed by atoms with van der Waals surface area (Å²) >= 11 is 0. The first-order chi connectivity index (χ1) is 14.8. The number of aromatic amines is 1. The number of amides is 2. The van der Waals surface area contributed by atoms with E-state index in [1.165, 1.54) is 6.92 Å². The molecular weight excluding hydrogens is 392 g/mol. The van der Waals surface area contributed by atoms with E-state index in [1.54, 1.807) is 24.3 Å². The van der Waals surface area contributed by atoms with E-state index in [1.807, 2.05) is 49.9 Å². The second kappa shape index (κ2) is 9.57. The van der Waals surface area contributed by atoms with Crippen molar-refractivity contribution in [3.63, 3.8) is 0 Å². The van der Waals surface area contributed by atoms with Crippen LogP contribution in [0.2, 0.25) is 0 Å². The molecule has 2 aromatic carbocycles. The third-order valence-electron chi connectivity index (χ3n) is 5.31. The lowest BCUT2D eigenvalue weighted by atomic mass is 10.0. The molecule has 0 saturated heterocycles. The van der Waals surface area contributed by atoms with Gasteiger partial charge in [0.25, 0.3) is 0 Å². The fraction of sp³-hybridized carbons (Fsp3) is 0.292. The zero-order valence-electron chi connectivity index (χ0n) is 18.3. The second-order valence-electron chi connectivity index (χ2n) is 7.58. The maximum absolute atomic E-state index is 13.3. The van der Waals surface area contributed by atoms with E-state index in [4.69, 9.17) is 0 Å². The number of Topliss-reactive ketones (excluding diaryl/α,β-unsaturated/α-hetero) is 1. The standard InChI is InChI=1S/C24H28N4O3/c1-5-28(14-22(30)27-19-12-10-18(11-13-19)26-17(4)29)16(3)24(31)23-15(2)25-21-9-7-6-8-20(21)23/h6-13,16,25H,5,14H2,1-4H3,(H,26,29)(H,27,30). The average molecular weight is 421 g/mol. The van der Waals surface area contributed by atoms with E-state index >= 15 is 0 Å². The zero-order chi connectivity index (χ0) is 22.5. The summed E-state index contributed by atoms with van der Waals surface area (Å²) in [5.74, 6) is -0.367. The van der Waals surface area contributed by atoms with Crippen molar-refractivity contribution in [2.75, 3.05) is 23.7 Å². The van der Waals surface area contributed by atoms with Crippen LogP contribution in [0.1, 0.15) is 36.8 Å². The maximum Gasteiger partial charge on any atom is 0.238 e. The van der Waals surface area contributed by atoms with Gasteiger partial charge < -0.3 is 15.6 Å². The Labute approximate surface area is 181 Å². The largest absolute Gasteiger partial charge is 0.358 e. The van der Waals surface area contributed by atoms with Crippen LogP contribution in [0.25, 0.3) is 10.9 Å². The molecule has 0 aliphatic heterocycles. The van der Waals surface area contributed by atoms with Crippen molar-refractivity contribution in [1.82, 2.24) is 9.88 Å². The SMILES string of the molecule is CCN(CC(=O)Nc1ccc(NC(C)=O)cc1)C(C)C(=O)c1c(C)[nH]c2ccccc12. The molecule has 7 nitrogen and oxygen atoms in total. The van der Waals surface area contributed by atoms with Gasteiger partial charge in [-0.05, 0) is 50.7 Å². The molecule has 2 amide bonds. The van der Waals surface area contributed by atoms with Gasteiger partial charge in [0, 0.05) is 40.5 Å². The van der Waals surface area contributed by atoms with Crippen LogP contribution in [0.4, 0.5) is 11.4 Å². The molecule has 7 heteroatoms. The lowest BCUT2D eigenvalue weighted by molar-refractivity contribution is -0.117. The van der Waals surface area contributed by atoms with Crippen molar-refractivity contribution in [3.8, 4) is 0 Å². The van der Waals surface area contributed by atoms with Crippen LogP contribution >= 0.6 is 0 Å². The molecule has 0 saturated carbocycles. The van der Waals surface area contributed by atoms with Crippen LogP contribution in [-0.4, -0.2) is 46.6 Å². The Morgan fingerprint density at radius 3 is 2.23 bits per heavy atom. The van der Waals surface area contributed by atoms with Gasteiger partial charge in [-0.15, -0.1) is 0 Å². The number of anilines is 2. The van der Waals surface area contributed by atoms with E-state index in [9.17, 15) is 14.4 Å². The number of nitrogens with one attached hydrogen (secondary N) is 3. The molecule has 3 aromatic rings. The summed E-state index contributed by atoms with van der Waals surface area (Å²) in [6.45, 7) is 7.76. The van der Waals surface area contributed by atoms with E-state index < -0.39 is 6.04 Å². The lowest BCUT2D eigenvalue weighted by Gasteiger charge is -2.26. The fourth-order valence-electron chi connectivity index (χ4n) is 3.72. The number of aromatic nitrogens is 1. The molecule has 0 radical (unpaired) electrons. The van der Waals surface area contributed by atoms with Crippen molar-refractivity contribution >= 4 is 39.9 Å². The van der Waals surface area contributed by atoms with Crippen LogP contribution in [-0.2, 0) is 9.59 Å². The number of aryl methyl sites for hydroxylation is 1. The van der Waals surface area contributed by atoms with Crippen LogP contribution in [0, 0.1) is 6.92 Å². The van der Waals surface area contributed by atoms with Crippen molar-refractivity contribution in [2.24, 2.45) is 0 Å². The number of benzene rings is 2. The van der Waals surface area contributed by atoms with Crippen LogP contribution < -0.4 is 10.6 Å². The molecule has 162 valence electrons. The van der Waals surface area contributed by atoms with E-state index in [-0.39, 0.29) is 24.1 Å². The highest BCUT2D eigenvalue weighted by atomic mass is 16.2. The number of ketones is 1. The zero-order valence-corrected chi connectivity index (χ0v) is 18.3. The van der Waals surface area contributed by atoms with Crippen molar-refractivity contribution < 1.29 is 14.4 Å². The number of hydrogen-bond acceptors (Lipinski definition) is 4. The van der Waals surface area contributed by atoms with Crippen molar-refractivity contribution in [3.05, 3.63) is 59.8 Å². The molecule has 3 rings (SSSR count). The number of carbonyl (C=O) groups is 3. The molecule has 0 aliphatic carbocycles. The molecule has 31 heavy (non-hydrogen) atoms. The Balaban J connectivity index is 1.68. The summed E-state index contributed by atoms with van der Waals surface area (Å²) < 4.78 is 0. The smallest absolute Gasteiger partial charge is 0.238 e. The number of fused-ring (bicyclic) bond motifs is 1. The van der Waals surface area contributed by atoms with E-state index in [0.717, 1.165) is 16.6 Å². The summed E-state index contributed by atoms with van der Waals surface area (Å²) in [7, 11) is 0. The van der Waals surface area contributed by atoms with Gasteiger partial charge >= 0.3 is 0 Å². The molecule has 3 N–H and O–H groups in total. The molecule has 1 heterocycles. The van der Waals surface area contributed by atoms with Gasteiger partial charge in [-0.3, -0.25) is 19.3 Å². The van der Waals surface area contributed by atoms with Gasteiger partial charge in [-0.25, -0.2) is 0 Å². The predicted molar refractivity (Wildman–Crippen MR) is 123 cm³/mol. The van der Waals surface area contributed by atoms with Crippen LogP contribution in [0.5, 0.6) is 0 Å². The number of para-hydroxylation sites is 1. The summed E-state index contributed by atoms with van der Waals surface area (Å²) in [6, 6.07) is 14.2. The summed E-state index contributed by atoms with van der Waals surface area (Å²) in [4.78, 5) is 42.1. The number of carbonyl (C=O) groups excluding carboxylic acids is 3. The minimum absolute atomic E-state index is 0.00994. The number of H-pyrrole nitrogens is 1. The van der Waals surface area contributed by atoms with Gasteiger partial charge in [0.05, 0.1) is 12.6 Å². The van der Waals surface area contributed by atoms with Crippen LogP contribution in [0.3, 0.4) is 0 Å². The van der Waals surface area contributed by atoms with E-state index in [2.05, 4.69) is 15.6 Å². The van der Waals surface area contributed by atoms with Gasteiger partial charge in [-0.1, -0.05) is 25.1 Å². The monoisotopic (exact) mass is 420 g/mol. The molecule has 1 aromatic heterocycles. The highest BCUT2D eigenvalue weighted by Crippen LogP contribution is 2.24. The fourth-order valence-corrected chi connectivity index (χ4v) is 3.72. The van der Waals surface area contributed by atoms with Gasteiger partial charge in [0.15, 0.2) is 5.78 Å². The van der Waals surface area contributed by atoms with Gasteiger partial charge in [-0.2, -0.15) is 0 Å². The number of nitrogens with zero attached hydrogens (tertiary/aromatic N) is 1. The highest BCUT2D eigenvalue weighted by Gasteiger charge is 2.26. The number of hydrogen-bond donors (Lipinski definition) is 3. The first kappa shape index (κ1) is 22.2. The first-order valence-electron chi connectivity index (χ1n) is 10.3. The lowest BCUT2D eigenvalue weighted by Crippen LogP contribution is -2.43. The minimum Gasteiger partial charge on any atom is -0.358 e. The molecule has 0 aliphatic rings. The Bertz CT molecular complexity index is 1100. The summed E-state index contributed by atoms with van der Waals surface area (Å²) in [5.41, 5.74) is 3.72. The van der Waals surface area contributed by atoms with E-state index in [0.29, 0.717) is 23.5 Å². The Hall–Kier alpha value is -3.45. The Morgan fingerprint density at radius 1 is 1.00 bits per heavy atom. The normalized spacial score (nSPS) is 12.0. The number of rotatable bonds is 8. The predicted octanol–water partition coefficient (Wildman–Crippen LogP) is 3.97. The molecule has 0 fully saturated rings. The third kappa shape index (κ3) is 5.19. The number of likely N-dealkylation sites (N-methyl/N-ethyl adjacent to an activating group) is 1. The van der Waals surface area contributed by atoms with Crippen molar-refractivity contribution in [2.45, 2.75) is 33.7 Å². The first-order valence-corrected chi connectivity index (χ1v) is 10.3. The molecule has 1 unspecified atom stereocenters. The Kier molecular flexibility index (Phi) is 6.87. The van der Waals surface area contributed by atoms with Gasteiger partial charge in [0.2, 0.25) is 11.8 Å². The Morgan fingerprint density at radius 2 is 1.61 bits per heavy atom. The minimum atomic E-state index is -0.448. The van der Waals surface area contributed by atoms with Gasteiger partial charge in [0.1, 0.15) is 0 Å². The molecule has 1 atom stereocenters. The summed E-state index contributed by atoms with van der Waals surface area (Å²) in [6.07, 6.45) is 0. The van der Waals surface area contributed by atoms with Crippen molar-refractivity contribution in [1.29, 1.82) is 0 Å². The molecule has 0 spiro atoms. The molecule has 0 bridgehead atoms. The second-order valence-corrected chi connectivity index (χ2v) is 7.58. The topological polar surface area (TPSA) is 94.3 Å². The molecular formula is C24H28N4O3.